The summed E-state index contributed by atoms with van der Waals surface area (Å²) in [5, 5.41) is 8.13. The summed E-state index contributed by atoms with van der Waals surface area (Å²) >= 11 is 6.22. The number of halogens is 1. The number of fused-ring (bicyclic) bond motifs is 4. The standard InChI is InChI=1S/C22H29ClN4O2/c1-20(2,3)29-19(28)25-14-21-7-10-22(11-8-21,12-9-21)27-16-5-4-15-6-13-24-18(23)17(15)26-16/h4-6,13H,7-12,14H2,1-3H3,(H,25,28)(H,26,27). The lowest BCUT2D eigenvalue weighted by molar-refractivity contribution is 0.0332. The lowest BCUT2D eigenvalue weighted by atomic mass is 9.57. The number of carbonyl (C=O) groups is 1. The fourth-order valence-corrected chi connectivity index (χ4v) is 4.85. The van der Waals surface area contributed by atoms with E-state index in [1.807, 2.05) is 39.0 Å². The maximum atomic E-state index is 12.0. The Bertz CT molecular complexity index is 900. The minimum atomic E-state index is -0.467. The van der Waals surface area contributed by atoms with E-state index >= 15 is 0 Å². The number of nitrogens with zero attached hydrogens (tertiary/aromatic N) is 2. The number of anilines is 1. The van der Waals surface area contributed by atoms with Crippen LogP contribution in [0.3, 0.4) is 0 Å². The lowest BCUT2D eigenvalue weighted by Crippen LogP contribution is -2.54. The molecular weight excluding hydrogens is 388 g/mol. The lowest BCUT2D eigenvalue weighted by Gasteiger charge is -2.54. The molecule has 0 aromatic carbocycles. The summed E-state index contributed by atoms with van der Waals surface area (Å²) in [5.74, 6) is 0.855. The Labute approximate surface area is 176 Å². The van der Waals surface area contributed by atoms with Crippen LogP contribution in [0.15, 0.2) is 24.4 Å². The largest absolute Gasteiger partial charge is 0.444 e. The zero-order valence-corrected chi connectivity index (χ0v) is 18.1. The molecule has 0 aliphatic heterocycles. The highest BCUT2D eigenvalue weighted by molar-refractivity contribution is 6.33. The van der Waals surface area contributed by atoms with Gasteiger partial charge in [-0.3, -0.25) is 0 Å². The Morgan fingerprint density at radius 2 is 1.83 bits per heavy atom. The molecule has 2 aromatic rings. The van der Waals surface area contributed by atoms with Gasteiger partial charge in [0.25, 0.3) is 0 Å². The minimum absolute atomic E-state index is 0.0725. The molecule has 0 atom stereocenters. The average molecular weight is 417 g/mol. The van der Waals surface area contributed by atoms with Crippen molar-refractivity contribution in [3.63, 3.8) is 0 Å². The SMILES string of the molecule is CC(C)(C)OC(=O)NCC12CCC(Nc3ccc4ccnc(Cl)c4n3)(CC1)CC2. The summed E-state index contributed by atoms with van der Waals surface area (Å²) in [6.07, 6.45) is 7.86. The van der Waals surface area contributed by atoms with Crippen LogP contribution in [0, 0.1) is 5.41 Å². The summed E-state index contributed by atoms with van der Waals surface area (Å²) in [6.45, 7) is 6.34. The van der Waals surface area contributed by atoms with Crippen LogP contribution in [0.25, 0.3) is 10.9 Å². The van der Waals surface area contributed by atoms with Crippen molar-refractivity contribution < 1.29 is 9.53 Å². The highest BCUT2D eigenvalue weighted by Crippen LogP contribution is 2.53. The predicted octanol–water partition coefficient (Wildman–Crippen LogP) is 5.31. The highest BCUT2D eigenvalue weighted by Gasteiger charge is 2.48. The molecule has 2 heterocycles. The molecule has 0 unspecified atom stereocenters. The first-order chi connectivity index (χ1) is 13.7. The van der Waals surface area contributed by atoms with E-state index in [1.165, 1.54) is 0 Å². The average Bonchev–Trinajstić information content (AvgIpc) is 2.67. The molecule has 0 saturated heterocycles. The quantitative estimate of drug-likeness (QED) is 0.660. The van der Waals surface area contributed by atoms with Crippen molar-refractivity contribution >= 4 is 34.4 Å². The molecule has 2 N–H and O–H groups in total. The predicted molar refractivity (Wildman–Crippen MR) is 115 cm³/mol. The third-order valence-corrected chi connectivity index (χ3v) is 6.64. The zero-order valence-electron chi connectivity index (χ0n) is 17.3. The Morgan fingerprint density at radius 1 is 1.14 bits per heavy atom. The first-order valence-electron chi connectivity index (χ1n) is 10.3. The third kappa shape index (κ3) is 4.42. The number of amides is 1. The Balaban J connectivity index is 1.38. The van der Waals surface area contributed by atoms with E-state index < -0.39 is 5.60 Å². The van der Waals surface area contributed by atoms with Crippen molar-refractivity contribution in [3.8, 4) is 0 Å². The zero-order chi connectivity index (χ0) is 20.7. The molecule has 5 rings (SSSR count). The van der Waals surface area contributed by atoms with Gasteiger partial charge in [0.15, 0.2) is 5.15 Å². The van der Waals surface area contributed by atoms with Gasteiger partial charge in [0.05, 0.1) is 0 Å². The number of carbonyl (C=O) groups excluding carboxylic acids is 1. The number of rotatable bonds is 4. The number of alkyl carbamates (subject to hydrolysis) is 1. The van der Waals surface area contributed by atoms with Gasteiger partial charge in [-0.2, -0.15) is 0 Å². The van der Waals surface area contributed by atoms with Gasteiger partial charge in [0, 0.05) is 23.7 Å². The number of nitrogens with one attached hydrogen (secondary N) is 2. The maximum absolute atomic E-state index is 12.0. The fraction of sp³-hybridized carbons (Fsp3) is 0.591. The van der Waals surface area contributed by atoms with Gasteiger partial charge in [0.1, 0.15) is 16.9 Å². The minimum Gasteiger partial charge on any atom is -0.444 e. The van der Waals surface area contributed by atoms with Gasteiger partial charge in [-0.1, -0.05) is 11.6 Å². The number of hydrogen-bond acceptors (Lipinski definition) is 5. The van der Waals surface area contributed by atoms with E-state index in [-0.39, 0.29) is 17.0 Å². The molecule has 2 bridgehead atoms. The van der Waals surface area contributed by atoms with E-state index in [1.54, 1.807) is 6.20 Å². The molecule has 3 saturated carbocycles. The number of pyridine rings is 2. The van der Waals surface area contributed by atoms with Crippen LogP contribution in [0.4, 0.5) is 10.6 Å². The van der Waals surface area contributed by atoms with Gasteiger partial charge >= 0.3 is 6.09 Å². The molecular formula is C22H29ClN4O2. The van der Waals surface area contributed by atoms with Crippen molar-refractivity contribution in [1.82, 2.24) is 15.3 Å². The third-order valence-electron chi connectivity index (χ3n) is 6.37. The Hall–Kier alpha value is -2.08. The molecule has 3 aliphatic rings. The van der Waals surface area contributed by atoms with Crippen LogP contribution in [0.1, 0.15) is 59.3 Å². The van der Waals surface area contributed by atoms with Crippen LogP contribution in [-0.2, 0) is 4.74 Å². The second-order valence-electron chi connectivity index (χ2n) is 9.63. The molecule has 0 radical (unpaired) electrons. The van der Waals surface area contributed by atoms with Gasteiger partial charge in [0.2, 0.25) is 0 Å². The van der Waals surface area contributed by atoms with Crippen molar-refractivity contribution in [3.05, 3.63) is 29.5 Å². The van der Waals surface area contributed by atoms with Crippen molar-refractivity contribution in [1.29, 1.82) is 0 Å². The van der Waals surface area contributed by atoms with Crippen LogP contribution in [-0.4, -0.2) is 33.7 Å². The van der Waals surface area contributed by atoms with Crippen molar-refractivity contribution in [2.24, 2.45) is 5.41 Å². The summed E-state index contributed by atoms with van der Waals surface area (Å²) in [6, 6.07) is 5.98. The van der Waals surface area contributed by atoms with E-state index in [4.69, 9.17) is 21.3 Å². The van der Waals surface area contributed by atoms with Gasteiger partial charge < -0.3 is 15.4 Å². The second kappa shape index (κ2) is 7.31. The normalized spacial score (nSPS) is 26.3. The molecule has 3 aliphatic carbocycles. The summed E-state index contributed by atoms with van der Waals surface area (Å²) in [7, 11) is 0. The first-order valence-corrected chi connectivity index (χ1v) is 10.7. The molecule has 29 heavy (non-hydrogen) atoms. The van der Waals surface area contributed by atoms with Crippen LogP contribution in [0.5, 0.6) is 0 Å². The second-order valence-corrected chi connectivity index (χ2v) is 9.99. The summed E-state index contributed by atoms with van der Waals surface area (Å²) < 4.78 is 5.39. The van der Waals surface area contributed by atoms with Gasteiger partial charge in [-0.25, -0.2) is 14.8 Å². The smallest absolute Gasteiger partial charge is 0.407 e. The summed E-state index contributed by atoms with van der Waals surface area (Å²) in [4.78, 5) is 20.9. The van der Waals surface area contributed by atoms with Crippen LogP contribution >= 0.6 is 11.6 Å². The fourth-order valence-electron chi connectivity index (χ4n) is 4.64. The van der Waals surface area contributed by atoms with E-state index in [9.17, 15) is 4.79 Å². The van der Waals surface area contributed by atoms with Gasteiger partial charge in [-0.15, -0.1) is 0 Å². The van der Waals surface area contributed by atoms with Crippen molar-refractivity contribution in [2.45, 2.75) is 70.4 Å². The van der Waals surface area contributed by atoms with E-state index in [2.05, 4.69) is 15.6 Å². The van der Waals surface area contributed by atoms with Crippen LogP contribution in [0.2, 0.25) is 5.15 Å². The molecule has 6 nitrogen and oxygen atoms in total. The first kappa shape index (κ1) is 20.2. The molecule has 0 spiro atoms. The maximum Gasteiger partial charge on any atom is 0.407 e. The van der Waals surface area contributed by atoms with E-state index in [0.717, 1.165) is 55.2 Å². The molecule has 2 aromatic heterocycles. The molecule has 156 valence electrons. The topological polar surface area (TPSA) is 76.1 Å². The Kier molecular flexibility index (Phi) is 5.09. The Morgan fingerprint density at radius 3 is 2.48 bits per heavy atom. The number of ether oxygens (including phenoxy) is 1. The monoisotopic (exact) mass is 416 g/mol. The molecule has 1 amide bonds. The summed E-state index contributed by atoms with van der Waals surface area (Å²) in [5.41, 5.74) is 0.525. The number of hydrogen-bond donors (Lipinski definition) is 2. The van der Waals surface area contributed by atoms with E-state index in [0.29, 0.717) is 11.7 Å². The molecule has 7 heteroatoms. The molecule has 3 fully saturated rings. The van der Waals surface area contributed by atoms with Gasteiger partial charge in [-0.05, 0) is 82.9 Å². The van der Waals surface area contributed by atoms with Crippen LogP contribution < -0.4 is 10.6 Å². The number of aromatic nitrogens is 2. The van der Waals surface area contributed by atoms with Crippen molar-refractivity contribution in [2.75, 3.05) is 11.9 Å². The highest BCUT2D eigenvalue weighted by atomic mass is 35.5.